The number of amides is 1. The van der Waals surface area contributed by atoms with Gasteiger partial charge in [-0.25, -0.2) is 9.97 Å². The maximum Gasteiger partial charge on any atom is 0.249 e. The molecule has 0 unspecified atom stereocenters. The third-order valence-electron chi connectivity index (χ3n) is 4.87. The number of piperazine rings is 1. The predicted molar refractivity (Wildman–Crippen MR) is 105 cm³/mol. The summed E-state index contributed by atoms with van der Waals surface area (Å²) in [7, 11) is 1.61. The fraction of sp³-hybridized carbons (Fsp3) is 0.250. The Bertz CT molecular complexity index is 966. The summed E-state index contributed by atoms with van der Waals surface area (Å²) in [5.41, 5.74) is 7.95. The van der Waals surface area contributed by atoms with Crippen LogP contribution < -0.4 is 20.3 Å². The van der Waals surface area contributed by atoms with Crippen LogP contribution in [0, 0.1) is 0 Å². The molecule has 0 bridgehead atoms. The summed E-state index contributed by atoms with van der Waals surface area (Å²) < 4.78 is 5.11. The third kappa shape index (κ3) is 3.36. The molecule has 1 amide bonds. The molecule has 3 heterocycles. The molecule has 1 aliphatic heterocycles. The van der Waals surface area contributed by atoms with Gasteiger partial charge in [0.15, 0.2) is 0 Å². The normalized spacial score (nSPS) is 14.4. The lowest BCUT2D eigenvalue weighted by atomic mass is 10.1. The minimum atomic E-state index is -0.433. The fourth-order valence-electron chi connectivity index (χ4n) is 3.40. The first kappa shape index (κ1) is 17.1. The second kappa shape index (κ2) is 7.11. The van der Waals surface area contributed by atoms with Gasteiger partial charge in [-0.05, 0) is 18.2 Å². The van der Waals surface area contributed by atoms with E-state index < -0.39 is 5.91 Å². The number of carbonyl (C=O) groups is 1. The Morgan fingerprint density at radius 3 is 2.48 bits per heavy atom. The zero-order valence-corrected chi connectivity index (χ0v) is 15.1. The van der Waals surface area contributed by atoms with E-state index in [0.29, 0.717) is 11.4 Å². The molecule has 0 aliphatic carbocycles. The number of primary amides is 1. The van der Waals surface area contributed by atoms with Crippen molar-refractivity contribution in [1.29, 1.82) is 0 Å². The van der Waals surface area contributed by atoms with Gasteiger partial charge in [0.25, 0.3) is 0 Å². The molecular weight excluding hydrogens is 342 g/mol. The van der Waals surface area contributed by atoms with Crippen LogP contribution in [-0.4, -0.2) is 49.2 Å². The molecule has 0 spiro atoms. The molecule has 1 aromatic carbocycles. The quantitative estimate of drug-likeness (QED) is 0.764. The van der Waals surface area contributed by atoms with Gasteiger partial charge in [0.2, 0.25) is 11.8 Å². The van der Waals surface area contributed by atoms with Gasteiger partial charge < -0.3 is 20.3 Å². The first-order valence-corrected chi connectivity index (χ1v) is 8.85. The number of carbonyl (C=O) groups excluding carboxylic acids is 1. The van der Waals surface area contributed by atoms with E-state index in [2.05, 4.69) is 14.8 Å². The molecule has 138 valence electrons. The van der Waals surface area contributed by atoms with E-state index in [1.54, 1.807) is 13.2 Å². The van der Waals surface area contributed by atoms with Crippen LogP contribution in [0.2, 0.25) is 0 Å². The number of rotatable bonds is 4. The largest absolute Gasteiger partial charge is 0.481 e. The summed E-state index contributed by atoms with van der Waals surface area (Å²) in [4.78, 5) is 25.4. The summed E-state index contributed by atoms with van der Waals surface area (Å²) >= 11 is 0. The van der Waals surface area contributed by atoms with Crippen molar-refractivity contribution in [2.45, 2.75) is 0 Å². The number of methoxy groups -OCH3 is 1. The van der Waals surface area contributed by atoms with Gasteiger partial charge in [-0.15, -0.1) is 0 Å². The fourth-order valence-corrected chi connectivity index (χ4v) is 3.40. The highest BCUT2D eigenvalue weighted by atomic mass is 16.5. The van der Waals surface area contributed by atoms with E-state index in [1.807, 2.05) is 42.6 Å². The summed E-state index contributed by atoms with van der Waals surface area (Å²) in [6, 6.07) is 13.3. The number of hydrogen-bond acceptors (Lipinski definition) is 6. The molecule has 2 aromatic heterocycles. The average molecular weight is 363 g/mol. The van der Waals surface area contributed by atoms with Gasteiger partial charge in [-0.3, -0.25) is 4.79 Å². The number of nitrogens with zero attached hydrogens (tertiary/aromatic N) is 4. The maximum absolute atomic E-state index is 11.9. The van der Waals surface area contributed by atoms with Gasteiger partial charge in [0.1, 0.15) is 5.82 Å². The molecule has 0 atom stereocenters. The summed E-state index contributed by atoms with van der Waals surface area (Å²) in [5.74, 6) is 0.963. The van der Waals surface area contributed by atoms with E-state index in [0.717, 1.165) is 48.6 Å². The maximum atomic E-state index is 11.9. The number of aromatic nitrogens is 2. The highest BCUT2D eigenvalue weighted by Gasteiger charge is 2.20. The number of hydrogen-bond donors (Lipinski definition) is 1. The van der Waals surface area contributed by atoms with Crippen molar-refractivity contribution in [3.63, 3.8) is 0 Å². The third-order valence-corrected chi connectivity index (χ3v) is 4.87. The Labute approximate surface area is 157 Å². The first-order chi connectivity index (χ1) is 13.2. The predicted octanol–water partition coefficient (Wildman–Crippen LogP) is 2.06. The highest BCUT2D eigenvalue weighted by Crippen LogP contribution is 2.25. The number of pyridine rings is 2. The Kier molecular flexibility index (Phi) is 4.50. The molecule has 0 radical (unpaired) electrons. The topological polar surface area (TPSA) is 84.6 Å². The van der Waals surface area contributed by atoms with Crippen molar-refractivity contribution < 1.29 is 9.53 Å². The second-order valence-corrected chi connectivity index (χ2v) is 6.44. The van der Waals surface area contributed by atoms with Crippen molar-refractivity contribution in [2.75, 3.05) is 43.1 Å². The van der Waals surface area contributed by atoms with Crippen LogP contribution in [0.15, 0.2) is 48.7 Å². The van der Waals surface area contributed by atoms with Crippen LogP contribution in [0.5, 0.6) is 5.88 Å². The molecule has 27 heavy (non-hydrogen) atoms. The van der Waals surface area contributed by atoms with Gasteiger partial charge in [-0.2, -0.15) is 0 Å². The number of ether oxygens (including phenoxy) is 1. The Hall–Kier alpha value is -3.35. The van der Waals surface area contributed by atoms with Crippen LogP contribution in [-0.2, 0) is 0 Å². The molecule has 3 aromatic rings. The molecule has 4 rings (SSSR count). The van der Waals surface area contributed by atoms with Crippen LogP contribution in [0.1, 0.15) is 10.4 Å². The number of benzene rings is 1. The minimum Gasteiger partial charge on any atom is -0.481 e. The summed E-state index contributed by atoms with van der Waals surface area (Å²) in [6.45, 7) is 3.29. The summed E-state index contributed by atoms with van der Waals surface area (Å²) in [5, 5.41) is 0.789. The minimum absolute atomic E-state index is 0.433. The van der Waals surface area contributed by atoms with Gasteiger partial charge in [-0.1, -0.05) is 18.2 Å². The summed E-state index contributed by atoms with van der Waals surface area (Å²) in [6.07, 6.45) is 1.83. The standard InChI is InChI=1S/C20H21N5O2/c1-27-19-7-6-14(13-22-19)24-8-10-25(11-9-24)18-12-16(20(21)26)15-4-2-3-5-17(15)23-18/h2-7,12-13H,8-11H2,1H3,(H2,21,26). The van der Waals surface area contributed by atoms with Crippen LogP contribution in [0.3, 0.4) is 0 Å². The molecule has 0 saturated carbocycles. The number of fused-ring (bicyclic) bond motifs is 1. The molecular formula is C20H21N5O2. The smallest absolute Gasteiger partial charge is 0.249 e. The van der Waals surface area contributed by atoms with Gasteiger partial charge in [0.05, 0.1) is 30.1 Å². The SMILES string of the molecule is COc1ccc(N2CCN(c3cc(C(N)=O)c4ccccc4n3)CC2)cn1. The molecule has 7 heteroatoms. The monoisotopic (exact) mass is 363 g/mol. The van der Waals surface area contributed by atoms with E-state index in [-0.39, 0.29) is 0 Å². The molecule has 1 aliphatic rings. The van der Waals surface area contributed by atoms with E-state index in [1.165, 1.54) is 0 Å². The number of nitrogens with two attached hydrogens (primary N) is 1. The zero-order valence-electron chi connectivity index (χ0n) is 15.1. The van der Waals surface area contributed by atoms with Crippen LogP contribution >= 0.6 is 0 Å². The van der Waals surface area contributed by atoms with Crippen molar-refractivity contribution in [3.05, 3.63) is 54.2 Å². The highest BCUT2D eigenvalue weighted by molar-refractivity contribution is 6.06. The van der Waals surface area contributed by atoms with Gasteiger partial charge in [0, 0.05) is 37.6 Å². The van der Waals surface area contributed by atoms with Crippen molar-refractivity contribution >= 4 is 28.3 Å². The molecule has 7 nitrogen and oxygen atoms in total. The van der Waals surface area contributed by atoms with E-state index >= 15 is 0 Å². The average Bonchev–Trinajstić information content (AvgIpc) is 2.73. The van der Waals surface area contributed by atoms with Gasteiger partial charge >= 0.3 is 0 Å². The lowest BCUT2D eigenvalue weighted by Gasteiger charge is -2.36. The van der Waals surface area contributed by atoms with Crippen LogP contribution in [0.4, 0.5) is 11.5 Å². The Morgan fingerprint density at radius 2 is 1.81 bits per heavy atom. The van der Waals surface area contributed by atoms with E-state index in [4.69, 9.17) is 15.5 Å². The lowest BCUT2D eigenvalue weighted by molar-refractivity contribution is 0.100. The molecule has 2 N–H and O–H groups in total. The van der Waals surface area contributed by atoms with Crippen LogP contribution in [0.25, 0.3) is 10.9 Å². The zero-order chi connectivity index (χ0) is 18.8. The van der Waals surface area contributed by atoms with E-state index in [9.17, 15) is 4.79 Å². The molecule has 1 fully saturated rings. The lowest BCUT2D eigenvalue weighted by Crippen LogP contribution is -2.47. The van der Waals surface area contributed by atoms with Crippen molar-refractivity contribution in [1.82, 2.24) is 9.97 Å². The number of para-hydroxylation sites is 1. The number of anilines is 2. The van der Waals surface area contributed by atoms with Crippen molar-refractivity contribution in [2.24, 2.45) is 5.73 Å². The second-order valence-electron chi connectivity index (χ2n) is 6.44. The van der Waals surface area contributed by atoms with Crippen molar-refractivity contribution in [3.8, 4) is 5.88 Å². The Morgan fingerprint density at radius 1 is 1.07 bits per heavy atom. The molecule has 1 saturated heterocycles. The Balaban J connectivity index is 1.54. The first-order valence-electron chi connectivity index (χ1n) is 8.85.